The molecule has 2 aromatic carbocycles. The number of nitrogens with zero attached hydrogens (tertiary/aromatic N) is 4. The molecule has 4 rings (SSSR count). The van der Waals surface area contributed by atoms with E-state index in [0.717, 1.165) is 55.3 Å². The van der Waals surface area contributed by atoms with Gasteiger partial charge in [0.25, 0.3) is 0 Å². The minimum absolute atomic E-state index is 0. The lowest BCUT2D eigenvalue weighted by atomic mass is 10.1. The van der Waals surface area contributed by atoms with Crippen LogP contribution in [0.15, 0.2) is 53.5 Å². The van der Waals surface area contributed by atoms with Gasteiger partial charge in [-0.3, -0.25) is 4.79 Å². The molecule has 2 heterocycles. The number of likely N-dealkylation sites (tertiary alicyclic amines) is 1. The summed E-state index contributed by atoms with van der Waals surface area (Å²) in [5, 5.41) is 0.753. The van der Waals surface area contributed by atoms with Crippen LogP contribution in [-0.4, -0.2) is 54.4 Å². The van der Waals surface area contributed by atoms with Crippen LogP contribution in [0.5, 0.6) is 0 Å². The van der Waals surface area contributed by atoms with Crippen molar-refractivity contribution < 1.29 is 4.79 Å². The number of hydrogen-bond acceptors (Lipinski definition) is 3. The lowest BCUT2D eigenvalue weighted by molar-refractivity contribution is -0.128. The van der Waals surface area contributed by atoms with Gasteiger partial charge >= 0.3 is 0 Å². The normalized spacial score (nSPS) is 17.1. The zero-order valence-electron chi connectivity index (χ0n) is 17.5. The topological polar surface area (TPSA) is 65.2 Å². The van der Waals surface area contributed by atoms with Gasteiger partial charge in [-0.1, -0.05) is 35.9 Å². The Kier molecular flexibility index (Phi) is 8.43. The van der Waals surface area contributed by atoms with Crippen LogP contribution < -0.4 is 10.6 Å². The second-order valence-corrected chi connectivity index (χ2v) is 8.25. The largest absolute Gasteiger partial charge is 0.370 e. The van der Waals surface area contributed by atoms with E-state index in [-0.39, 0.29) is 29.9 Å². The summed E-state index contributed by atoms with van der Waals surface area (Å²) in [7, 11) is 0. The quantitative estimate of drug-likeness (QED) is 0.348. The Hall–Kier alpha value is -2.00. The number of carbonyl (C=O) groups is 1. The summed E-state index contributed by atoms with van der Waals surface area (Å²) < 4.78 is 0. The Morgan fingerprint density at radius 1 is 0.968 bits per heavy atom. The number of carbonyl (C=O) groups excluding carboxylic acids is 1. The molecule has 8 heteroatoms. The maximum Gasteiger partial charge on any atom is 0.222 e. The van der Waals surface area contributed by atoms with E-state index >= 15 is 0 Å². The molecule has 2 saturated heterocycles. The first-order valence-electron chi connectivity index (χ1n) is 10.5. The highest BCUT2D eigenvalue weighted by Crippen LogP contribution is 2.20. The fraction of sp³-hybridized carbons (Fsp3) is 0.391. The van der Waals surface area contributed by atoms with Crippen molar-refractivity contribution in [3.8, 4) is 0 Å². The van der Waals surface area contributed by atoms with Crippen LogP contribution in [-0.2, 0) is 17.9 Å². The second-order valence-electron chi connectivity index (χ2n) is 7.81. The van der Waals surface area contributed by atoms with Crippen molar-refractivity contribution in [2.24, 2.45) is 10.7 Å². The van der Waals surface area contributed by atoms with E-state index in [1.165, 1.54) is 5.69 Å². The van der Waals surface area contributed by atoms with Crippen LogP contribution >= 0.6 is 35.6 Å². The number of amides is 1. The lowest BCUT2D eigenvalue weighted by Crippen LogP contribution is -2.51. The summed E-state index contributed by atoms with van der Waals surface area (Å²) in [5.74, 6) is 0.823. The molecular formula is C23H29ClIN5O. The second kappa shape index (κ2) is 11.0. The molecule has 2 aromatic rings. The van der Waals surface area contributed by atoms with Crippen molar-refractivity contribution in [2.45, 2.75) is 25.9 Å². The van der Waals surface area contributed by atoms with Gasteiger partial charge in [-0.05, 0) is 41.8 Å². The molecule has 6 nitrogen and oxygen atoms in total. The molecular weight excluding hydrogens is 525 g/mol. The molecule has 0 aliphatic carbocycles. The van der Waals surface area contributed by atoms with Crippen LogP contribution in [0.3, 0.4) is 0 Å². The Morgan fingerprint density at radius 3 is 2.29 bits per heavy atom. The molecule has 0 atom stereocenters. The summed E-state index contributed by atoms with van der Waals surface area (Å²) in [6.45, 7) is 5.49. The van der Waals surface area contributed by atoms with Crippen molar-refractivity contribution in [1.82, 2.24) is 9.80 Å². The molecule has 0 aromatic heterocycles. The average molecular weight is 554 g/mol. The molecule has 0 spiro atoms. The van der Waals surface area contributed by atoms with Gasteiger partial charge < -0.3 is 20.4 Å². The summed E-state index contributed by atoms with van der Waals surface area (Å²) >= 11 is 5.99. The fourth-order valence-electron chi connectivity index (χ4n) is 4.05. The number of piperazine rings is 1. The number of hydrogen-bond donors (Lipinski definition) is 1. The zero-order valence-corrected chi connectivity index (χ0v) is 20.6. The molecule has 166 valence electrons. The molecule has 2 aliphatic heterocycles. The monoisotopic (exact) mass is 553 g/mol. The van der Waals surface area contributed by atoms with E-state index in [0.29, 0.717) is 25.5 Å². The van der Waals surface area contributed by atoms with E-state index < -0.39 is 0 Å². The van der Waals surface area contributed by atoms with Crippen molar-refractivity contribution >= 4 is 53.1 Å². The van der Waals surface area contributed by atoms with Gasteiger partial charge in [-0.2, -0.15) is 0 Å². The first kappa shape index (κ1) is 23.7. The van der Waals surface area contributed by atoms with Gasteiger partial charge in [0.2, 0.25) is 5.91 Å². The fourth-order valence-corrected chi connectivity index (χ4v) is 4.18. The van der Waals surface area contributed by atoms with Crippen molar-refractivity contribution in [3.05, 3.63) is 64.7 Å². The number of benzene rings is 2. The number of guanidine groups is 1. The van der Waals surface area contributed by atoms with E-state index in [4.69, 9.17) is 17.3 Å². The van der Waals surface area contributed by atoms with Gasteiger partial charge in [0, 0.05) is 56.4 Å². The number of aliphatic imine (C=N–C) groups is 1. The molecule has 0 radical (unpaired) electrons. The highest BCUT2D eigenvalue weighted by Gasteiger charge is 2.21. The molecule has 0 bridgehead atoms. The van der Waals surface area contributed by atoms with Gasteiger partial charge in [0.15, 0.2) is 5.96 Å². The van der Waals surface area contributed by atoms with Crippen LogP contribution in [0.1, 0.15) is 24.0 Å². The highest BCUT2D eigenvalue weighted by atomic mass is 127. The minimum atomic E-state index is 0. The summed E-state index contributed by atoms with van der Waals surface area (Å²) in [6.07, 6.45) is 1.61. The molecule has 1 amide bonds. The van der Waals surface area contributed by atoms with Gasteiger partial charge in [0.1, 0.15) is 0 Å². The van der Waals surface area contributed by atoms with Gasteiger partial charge in [-0.25, -0.2) is 4.99 Å². The zero-order chi connectivity index (χ0) is 20.9. The van der Waals surface area contributed by atoms with E-state index in [1.807, 2.05) is 29.2 Å². The Morgan fingerprint density at radius 2 is 1.65 bits per heavy atom. The predicted molar refractivity (Wildman–Crippen MR) is 137 cm³/mol. The lowest BCUT2D eigenvalue weighted by Gasteiger charge is -2.36. The molecule has 31 heavy (non-hydrogen) atoms. The number of rotatable bonds is 5. The van der Waals surface area contributed by atoms with E-state index in [1.54, 1.807) is 0 Å². The Labute approximate surface area is 206 Å². The maximum atomic E-state index is 12.0. The number of nitrogens with two attached hydrogens (primary N) is 1. The Balaban J connectivity index is 0.00000272. The number of anilines is 1. The third-order valence-corrected chi connectivity index (χ3v) is 6.11. The molecule has 2 aliphatic rings. The highest BCUT2D eigenvalue weighted by molar-refractivity contribution is 14.0. The molecule has 2 fully saturated rings. The van der Waals surface area contributed by atoms with Gasteiger partial charge in [0.05, 0.1) is 6.54 Å². The predicted octanol–water partition coefficient (Wildman–Crippen LogP) is 3.72. The number of halogens is 2. The van der Waals surface area contributed by atoms with Crippen molar-refractivity contribution in [1.29, 1.82) is 0 Å². The SMILES string of the molecule is I.NC(=NCc1ccccc1CN1CCCC1=O)N1CCN(c2ccc(Cl)cc2)CC1. The molecule has 2 N–H and O–H groups in total. The summed E-state index contributed by atoms with van der Waals surface area (Å²) in [5.41, 5.74) is 9.77. The smallest absolute Gasteiger partial charge is 0.222 e. The van der Waals surface area contributed by atoms with Crippen LogP contribution in [0.2, 0.25) is 5.02 Å². The van der Waals surface area contributed by atoms with Crippen LogP contribution in [0.25, 0.3) is 0 Å². The summed E-state index contributed by atoms with van der Waals surface area (Å²) in [6, 6.07) is 16.1. The first-order chi connectivity index (χ1) is 14.6. The standard InChI is InChI=1S/C23H28ClN5O.HI/c24-20-7-9-21(10-8-20)27-12-14-28(15-13-27)23(25)26-16-18-4-1-2-5-19(18)17-29-11-3-6-22(29)30;/h1-2,4-5,7-10H,3,6,11-17H2,(H2,25,26);1H. The average Bonchev–Trinajstić information content (AvgIpc) is 3.18. The van der Waals surface area contributed by atoms with E-state index in [2.05, 4.69) is 39.1 Å². The molecule has 0 saturated carbocycles. The van der Waals surface area contributed by atoms with Gasteiger partial charge in [-0.15, -0.1) is 24.0 Å². The maximum absolute atomic E-state index is 12.0. The Bertz CT molecular complexity index is 912. The first-order valence-corrected chi connectivity index (χ1v) is 10.9. The van der Waals surface area contributed by atoms with Crippen LogP contribution in [0, 0.1) is 0 Å². The van der Waals surface area contributed by atoms with E-state index in [9.17, 15) is 4.79 Å². The van der Waals surface area contributed by atoms with Crippen molar-refractivity contribution in [3.63, 3.8) is 0 Å². The third kappa shape index (κ3) is 6.04. The summed E-state index contributed by atoms with van der Waals surface area (Å²) in [4.78, 5) is 23.0. The van der Waals surface area contributed by atoms with Crippen LogP contribution in [0.4, 0.5) is 5.69 Å². The third-order valence-electron chi connectivity index (χ3n) is 5.86. The van der Waals surface area contributed by atoms with Crippen molar-refractivity contribution in [2.75, 3.05) is 37.6 Å². The molecule has 0 unspecified atom stereocenters. The minimum Gasteiger partial charge on any atom is -0.370 e.